The van der Waals surface area contributed by atoms with Gasteiger partial charge in [0.05, 0.1) is 5.92 Å². The first-order valence-electron chi connectivity index (χ1n) is 12.6. The number of ether oxygens (including phenoxy) is 1. The number of hydrogen-bond acceptors (Lipinski definition) is 4. The predicted octanol–water partition coefficient (Wildman–Crippen LogP) is 6.09. The summed E-state index contributed by atoms with van der Waals surface area (Å²) >= 11 is 0. The topological polar surface area (TPSA) is 52.6 Å². The van der Waals surface area contributed by atoms with Gasteiger partial charge in [-0.15, -0.1) is 0 Å². The number of rotatable bonds is 4. The van der Waals surface area contributed by atoms with E-state index in [-0.39, 0.29) is 5.78 Å². The van der Waals surface area contributed by atoms with Crippen LogP contribution in [0.25, 0.3) is 11.1 Å². The lowest BCUT2D eigenvalue weighted by atomic mass is 9.85. The van der Waals surface area contributed by atoms with Crippen molar-refractivity contribution in [2.75, 3.05) is 0 Å². The first-order chi connectivity index (χ1) is 17.8. The number of fused-ring (bicyclic) bond motifs is 4. The lowest BCUT2D eigenvalue weighted by Crippen LogP contribution is -2.58. The van der Waals surface area contributed by atoms with E-state index >= 15 is 0 Å². The minimum atomic E-state index is -2.51. The van der Waals surface area contributed by atoms with Crippen LogP contribution in [0.1, 0.15) is 44.6 Å². The number of carbonyl (C=O) groups is 2. The fourth-order valence-electron chi connectivity index (χ4n) is 5.74. The van der Waals surface area contributed by atoms with Gasteiger partial charge >= 0.3 is 5.97 Å². The Morgan fingerprint density at radius 1 is 0.757 bits per heavy atom. The van der Waals surface area contributed by atoms with E-state index in [1.165, 1.54) is 0 Å². The van der Waals surface area contributed by atoms with E-state index in [1.54, 1.807) is 12.1 Å². The van der Waals surface area contributed by atoms with Crippen molar-refractivity contribution in [3.8, 4) is 11.1 Å². The van der Waals surface area contributed by atoms with Crippen LogP contribution in [0.4, 0.5) is 0 Å². The Morgan fingerprint density at radius 3 is 2.00 bits per heavy atom. The quantitative estimate of drug-likeness (QED) is 0.192. The molecule has 4 nitrogen and oxygen atoms in total. The molecule has 1 heterocycles. The maximum Gasteiger partial charge on any atom is 0.336 e. The molecule has 37 heavy (non-hydrogen) atoms. The molecule has 0 radical (unpaired) electrons. The highest BCUT2D eigenvalue weighted by Crippen LogP contribution is 2.46. The number of benzene rings is 4. The lowest BCUT2D eigenvalue weighted by molar-refractivity contribution is -0.157. The van der Waals surface area contributed by atoms with Crippen LogP contribution < -0.4 is 5.19 Å². The van der Waals surface area contributed by atoms with Crippen molar-refractivity contribution in [2.24, 2.45) is 0 Å². The molecule has 4 aromatic carbocycles. The van der Waals surface area contributed by atoms with Crippen molar-refractivity contribution in [3.63, 3.8) is 0 Å². The minimum Gasteiger partial charge on any atom is -0.451 e. The lowest BCUT2D eigenvalue weighted by Gasteiger charge is -2.40. The zero-order chi connectivity index (χ0) is 25.7. The molecule has 0 aromatic heterocycles. The van der Waals surface area contributed by atoms with E-state index < -0.39 is 32.4 Å². The summed E-state index contributed by atoms with van der Waals surface area (Å²) in [7, 11) is -2.51. The molecular formula is C32H28O4Si. The van der Waals surface area contributed by atoms with Crippen LogP contribution in [0.5, 0.6) is 0 Å². The van der Waals surface area contributed by atoms with Gasteiger partial charge in [-0.3, -0.25) is 4.79 Å². The van der Waals surface area contributed by atoms with E-state index in [1.807, 2.05) is 73.7 Å². The summed E-state index contributed by atoms with van der Waals surface area (Å²) in [6.45, 7) is 6.19. The molecule has 6 rings (SSSR count). The Balaban J connectivity index is 1.43. The van der Waals surface area contributed by atoms with Gasteiger partial charge in [-0.05, 0) is 41.9 Å². The van der Waals surface area contributed by atoms with Gasteiger partial charge in [0.1, 0.15) is 0 Å². The number of esters is 1. The van der Waals surface area contributed by atoms with Crippen LogP contribution in [0.2, 0.25) is 13.1 Å². The van der Waals surface area contributed by atoms with E-state index in [9.17, 15) is 9.59 Å². The van der Waals surface area contributed by atoms with Crippen LogP contribution in [0, 0.1) is 6.92 Å². The third kappa shape index (κ3) is 3.95. The van der Waals surface area contributed by atoms with Crippen molar-refractivity contribution in [2.45, 2.75) is 38.1 Å². The Hall–Kier alpha value is -3.80. The summed E-state index contributed by atoms with van der Waals surface area (Å²) in [6, 6.07) is 31.2. The molecule has 0 N–H and O–H groups in total. The molecule has 2 aliphatic rings. The molecule has 0 bridgehead atoms. The largest absolute Gasteiger partial charge is 0.451 e. The summed E-state index contributed by atoms with van der Waals surface area (Å²) in [5, 5.41) is 1.06. The Bertz CT molecular complexity index is 1480. The van der Waals surface area contributed by atoms with Crippen molar-refractivity contribution in [1.82, 2.24) is 0 Å². The fourth-order valence-corrected chi connectivity index (χ4v) is 8.24. The summed E-state index contributed by atoms with van der Waals surface area (Å²) in [6.07, 6.45) is -1.57. The maximum atomic E-state index is 14.0. The molecule has 0 fully saturated rings. The van der Waals surface area contributed by atoms with Crippen molar-refractivity contribution < 1.29 is 18.8 Å². The first kappa shape index (κ1) is 23.6. The normalized spacial score (nSPS) is 19.4. The van der Waals surface area contributed by atoms with Gasteiger partial charge in [-0.1, -0.05) is 103 Å². The summed E-state index contributed by atoms with van der Waals surface area (Å²) in [5.41, 5.74) is 6.56. The maximum absolute atomic E-state index is 14.0. The number of ketones is 1. The Kier molecular flexibility index (Phi) is 5.70. The predicted molar refractivity (Wildman–Crippen MR) is 146 cm³/mol. The third-order valence-corrected chi connectivity index (χ3v) is 10.1. The molecule has 0 unspecified atom stereocenters. The van der Waals surface area contributed by atoms with Gasteiger partial charge in [0, 0.05) is 16.7 Å². The molecule has 0 spiro atoms. The summed E-state index contributed by atoms with van der Waals surface area (Å²) in [4.78, 5) is 27.9. The second-order valence-electron chi connectivity index (χ2n) is 10.3. The average Bonchev–Trinajstić information content (AvgIpc) is 3.22. The molecule has 0 saturated heterocycles. The van der Waals surface area contributed by atoms with E-state index in [4.69, 9.17) is 9.16 Å². The molecule has 184 valence electrons. The van der Waals surface area contributed by atoms with E-state index in [0.29, 0.717) is 5.56 Å². The van der Waals surface area contributed by atoms with E-state index in [0.717, 1.165) is 38.6 Å². The number of hydrogen-bond donors (Lipinski definition) is 0. The fraction of sp³-hybridized carbons (Fsp3) is 0.188. The zero-order valence-electron chi connectivity index (χ0n) is 21.1. The van der Waals surface area contributed by atoms with Crippen molar-refractivity contribution in [1.29, 1.82) is 0 Å². The molecule has 0 amide bonds. The van der Waals surface area contributed by atoms with Crippen LogP contribution in [0.3, 0.4) is 0 Å². The SMILES string of the molecule is Cc1ccc2c(c1)[Si](C)(C)O[C@@H](C(=O)OC1c3ccccc3-c3ccccc31)[C@@H]2C(=O)c1ccccc1. The van der Waals surface area contributed by atoms with Gasteiger partial charge in [-0.2, -0.15) is 0 Å². The monoisotopic (exact) mass is 504 g/mol. The Labute approximate surface area is 218 Å². The second-order valence-corrected chi connectivity index (χ2v) is 14.1. The molecular weight excluding hydrogens is 476 g/mol. The third-order valence-electron chi connectivity index (χ3n) is 7.50. The summed E-state index contributed by atoms with van der Waals surface area (Å²) in [5.74, 6) is -1.42. The molecule has 4 aromatic rings. The van der Waals surface area contributed by atoms with Crippen LogP contribution in [-0.4, -0.2) is 26.2 Å². The van der Waals surface area contributed by atoms with Gasteiger partial charge in [0.25, 0.3) is 0 Å². The van der Waals surface area contributed by atoms with Crippen molar-refractivity contribution >= 4 is 25.3 Å². The van der Waals surface area contributed by atoms with Gasteiger partial charge < -0.3 is 9.16 Å². The highest BCUT2D eigenvalue weighted by Gasteiger charge is 2.49. The van der Waals surface area contributed by atoms with Crippen LogP contribution >= 0.6 is 0 Å². The van der Waals surface area contributed by atoms with Crippen molar-refractivity contribution in [3.05, 3.63) is 125 Å². The number of carbonyl (C=O) groups excluding carboxylic acids is 2. The van der Waals surface area contributed by atoms with E-state index in [2.05, 4.69) is 31.3 Å². The highest BCUT2D eigenvalue weighted by molar-refractivity contribution is 6.85. The zero-order valence-corrected chi connectivity index (χ0v) is 22.1. The highest BCUT2D eigenvalue weighted by atomic mass is 28.4. The molecule has 2 atom stereocenters. The van der Waals surface area contributed by atoms with Gasteiger partial charge in [0.2, 0.25) is 8.32 Å². The molecule has 0 saturated carbocycles. The van der Waals surface area contributed by atoms with Gasteiger partial charge in [-0.25, -0.2) is 4.79 Å². The summed E-state index contributed by atoms with van der Waals surface area (Å²) < 4.78 is 12.9. The van der Waals surface area contributed by atoms with Crippen LogP contribution in [-0.2, 0) is 14.0 Å². The average molecular weight is 505 g/mol. The smallest absolute Gasteiger partial charge is 0.336 e. The molecule has 1 aliphatic carbocycles. The molecule has 5 heteroatoms. The number of Topliss-reactive ketones (excluding diaryl/α,β-unsaturated/α-hetero) is 1. The van der Waals surface area contributed by atoms with Crippen LogP contribution in [0.15, 0.2) is 97.1 Å². The van der Waals surface area contributed by atoms with Gasteiger partial charge in [0.15, 0.2) is 18.0 Å². The number of aryl methyl sites for hydroxylation is 1. The first-order valence-corrected chi connectivity index (χ1v) is 15.5. The minimum absolute atomic E-state index is 0.135. The Morgan fingerprint density at radius 2 is 1.35 bits per heavy atom. The second kappa shape index (κ2) is 8.94. The standard InChI is InChI=1S/C32H28O4Si/c1-20-17-18-26-27(19-20)37(2,3)36-31(28(26)29(33)21-11-5-4-6-12-21)32(34)35-30-24-15-9-7-13-22(24)23-14-8-10-16-25(23)30/h4-19,28,30-31H,1-3H3/t28-,31+/m0/s1. The molecule has 1 aliphatic heterocycles.